The molecule has 0 aliphatic carbocycles. The first-order valence-corrected chi connectivity index (χ1v) is 4.69. The van der Waals surface area contributed by atoms with Gasteiger partial charge in [0.25, 0.3) is 0 Å². The van der Waals surface area contributed by atoms with Gasteiger partial charge in [0.1, 0.15) is 0 Å². The lowest BCUT2D eigenvalue weighted by atomic mass is 9.97. The van der Waals surface area contributed by atoms with E-state index in [-0.39, 0.29) is 0 Å². The first kappa shape index (κ1) is 11.9. The van der Waals surface area contributed by atoms with Crippen LogP contribution in [0.5, 0.6) is 0 Å². The summed E-state index contributed by atoms with van der Waals surface area (Å²) in [5, 5.41) is 9.70. The van der Waals surface area contributed by atoms with Crippen molar-refractivity contribution in [3.63, 3.8) is 0 Å². The number of ether oxygens (including phenoxy) is 1. The van der Waals surface area contributed by atoms with Crippen LogP contribution < -0.4 is 0 Å². The fourth-order valence-electron chi connectivity index (χ4n) is 1.27. The predicted molar refractivity (Wildman–Crippen MR) is 51.2 cm³/mol. The summed E-state index contributed by atoms with van der Waals surface area (Å²) < 4.78 is 4.91. The largest absolute Gasteiger partial charge is 0.388 e. The summed E-state index contributed by atoms with van der Waals surface area (Å²) in [4.78, 5) is 0. The summed E-state index contributed by atoms with van der Waals surface area (Å²) in [5.41, 5.74) is -0.635. The predicted octanol–water partition coefficient (Wildman–Crippen LogP) is 2.21. The van der Waals surface area contributed by atoms with Crippen molar-refractivity contribution in [2.24, 2.45) is 5.92 Å². The molecule has 1 atom stereocenters. The van der Waals surface area contributed by atoms with Gasteiger partial charge in [-0.25, -0.2) is 0 Å². The van der Waals surface area contributed by atoms with E-state index >= 15 is 0 Å². The second-order valence-electron chi connectivity index (χ2n) is 4.22. The highest BCUT2D eigenvalue weighted by atomic mass is 16.5. The van der Waals surface area contributed by atoms with Gasteiger partial charge >= 0.3 is 0 Å². The summed E-state index contributed by atoms with van der Waals surface area (Å²) in [5.74, 6) is 0.725. The lowest BCUT2D eigenvalue weighted by Crippen LogP contribution is -2.29. The van der Waals surface area contributed by atoms with E-state index in [4.69, 9.17) is 4.74 Å². The highest BCUT2D eigenvalue weighted by Crippen LogP contribution is 2.16. The number of hydrogen-bond donors (Lipinski definition) is 1. The first-order chi connectivity index (χ1) is 5.48. The van der Waals surface area contributed by atoms with Crippen LogP contribution in [0.4, 0.5) is 0 Å². The molecular formula is C10H22O2. The van der Waals surface area contributed by atoms with Crippen molar-refractivity contribution in [3.05, 3.63) is 0 Å². The van der Waals surface area contributed by atoms with Crippen LogP contribution in [0.1, 0.15) is 40.0 Å². The summed E-state index contributed by atoms with van der Waals surface area (Å²) in [7, 11) is 1.62. The van der Waals surface area contributed by atoms with Crippen molar-refractivity contribution in [2.45, 2.75) is 45.6 Å². The van der Waals surface area contributed by atoms with Gasteiger partial charge in [-0.05, 0) is 19.3 Å². The lowest BCUT2D eigenvalue weighted by molar-refractivity contribution is -0.0245. The molecule has 0 saturated carbocycles. The molecule has 0 bridgehead atoms. The molecule has 0 fully saturated rings. The van der Waals surface area contributed by atoms with Gasteiger partial charge in [0, 0.05) is 7.11 Å². The molecule has 74 valence electrons. The number of rotatable bonds is 6. The maximum atomic E-state index is 9.70. The normalized spacial score (nSPS) is 16.5. The molecule has 1 unspecified atom stereocenters. The van der Waals surface area contributed by atoms with Gasteiger partial charge in [-0.1, -0.05) is 26.7 Å². The molecule has 1 N–H and O–H groups in total. The van der Waals surface area contributed by atoms with Crippen LogP contribution in [0.15, 0.2) is 0 Å². The Morgan fingerprint density at radius 3 is 2.42 bits per heavy atom. The third-order valence-electron chi connectivity index (χ3n) is 1.95. The van der Waals surface area contributed by atoms with Gasteiger partial charge < -0.3 is 9.84 Å². The third kappa shape index (κ3) is 6.62. The van der Waals surface area contributed by atoms with Gasteiger partial charge in [-0.2, -0.15) is 0 Å². The Balaban J connectivity index is 3.46. The average Bonchev–Trinajstić information content (AvgIpc) is 1.85. The number of aliphatic hydroxyl groups is 1. The molecule has 0 heterocycles. The summed E-state index contributed by atoms with van der Waals surface area (Å²) >= 11 is 0. The fourth-order valence-corrected chi connectivity index (χ4v) is 1.27. The van der Waals surface area contributed by atoms with Gasteiger partial charge in [0.05, 0.1) is 12.2 Å². The number of hydrogen-bond acceptors (Lipinski definition) is 2. The smallest absolute Gasteiger partial charge is 0.0852 e. The molecule has 0 rings (SSSR count). The minimum atomic E-state index is -0.635. The Morgan fingerprint density at radius 1 is 1.42 bits per heavy atom. The van der Waals surface area contributed by atoms with Crippen LogP contribution in [0, 0.1) is 5.92 Å². The third-order valence-corrected chi connectivity index (χ3v) is 1.95. The molecule has 0 amide bonds. The van der Waals surface area contributed by atoms with Gasteiger partial charge in [0.2, 0.25) is 0 Å². The van der Waals surface area contributed by atoms with E-state index in [1.54, 1.807) is 7.11 Å². The van der Waals surface area contributed by atoms with E-state index in [9.17, 15) is 5.11 Å². The molecule has 0 radical (unpaired) electrons. The Morgan fingerprint density at radius 2 is 2.00 bits per heavy atom. The van der Waals surface area contributed by atoms with Crippen molar-refractivity contribution in [2.75, 3.05) is 13.7 Å². The van der Waals surface area contributed by atoms with E-state index in [0.29, 0.717) is 6.61 Å². The molecule has 0 aromatic rings. The Hall–Kier alpha value is -0.0800. The van der Waals surface area contributed by atoms with Crippen LogP contribution in [-0.4, -0.2) is 24.4 Å². The summed E-state index contributed by atoms with van der Waals surface area (Å²) in [6.45, 7) is 6.66. The standard InChI is InChI=1S/C10H22O2/c1-9(2)6-5-7-10(3,11)8-12-4/h9,11H,5-8H2,1-4H3. The minimum Gasteiger partial charge on any atom is -0.388 e. The van der Waals surface area contributed by atoms with E-state index < -0.39 is 5.60 Å². The van der Waals surface area contributed by atoms with E-state index in [2.05, 4.69) is 13.8 Å². The number of methoxy groups -OCH3 is 1. The van der Waals surface area contributed by atoms with E-state index in [1.165, 1.54) is 6.42 Å². The second-order valence-corrected chi connectivity index (χ2v) is 4.22. The van der Waals surface area contributed by atoms with Crippen LogP contribution >= 0.6 is 0 Å². The Kier molecular flexibility index (Phi) is 5.51. The molecule has 0 aromatic heterocycles. The molecule has 2 nitrogen and oxygen atoms in total. The fraction of sp³-hybridized carbons (Fsp3) is 1.00. The molecule has 2 heteroatoms. The first-order valence-electron chi connectivity index (χ1n) is 4.69. The molecule has 0 aliphatic heterocycles. The molecule has 0 aliphatic rings. The minimum absolute atomic E-state index is 0.436. The highest BCUT2D eigenvalue weighted by molar-refractivity contribution is 4.71. The SMILES string of the molecule is COCC(C)(O)CCCC(C)C. The zero-order chi connectivity index (χ0) is 9.61. The van der Waals surface area contributed by atoms with Crippen molar-refractivity contribution in [3.8, 4) is 0 Å². The van der Waals surface area contributed by atoms with Crippen LogP contribution in [0.25, 0.3) is 0 Å². The molecule has 0 saturated heterocycles. The highest BCUT2D eigenvalue weighted by Gasteiger charge is 2.19. The molecule has 0 spiro atoms. The van der Waals surface area contributed by atoms with E-state index in [1.807, 2.05) is 6.92 Å². The van der Waals surface area contributed by atoms with Crippen LogP contribution in [0.2, 0.25) is 0 Å². The van der Waals surface area contributed by atoms with Gasteiger partial charge in [-0.15, -0.1) is 0 Å². The van der Waals surface area contributed by atoms with Crippen molar-refractivity contribution in [1.29, 1.82) is 0 Å². The topological polar surface area (TPSA) is 29.5 Å². The van der Waals surface area contributed by atoms with Gasteiger partial charge in [-0.3, -0.25) is 0 Å². The average molecular weight is 174 g/mol. The van der Waals surface area contributed by atoms with Crippen LogP contribution in [-0.2, 0) is 4.74 Å². The van der Waals surface area contributed by atoms with Crippen LogP contribution in [0.3, 0.4) is 0 Å². The zero-order valence-corrected chi connectivity index (χ0v) is 8.76. The Bertz CT molecular complexity index is 108. The summed E-state index contributed by atoms with van der Waals surface area (Å²) in [6.07, 6.45) is 3.09. The molecule has 12 heavy (non-hydrogen) atoms. The maximum Gasteiger partial charge on any atom is 0.0852 e. The monoisotopic (exact) mass is 174 g/mol. The van der Waals surface area contributed by atoms with Gasteiger partial charge in [0.15, 0.2) is 0 Å². The van der Waals surface area contributed by atoms with E-state index in [0.717, 1.165) is 18.8 Å². The van der Waals surface area contributed by atoms with Crippen molar-refractivity contribution >= 4 is 0 Å². The quantitative estimate of drug-likeness (QED) is 0.669. The lowest BCUT2D eigenvalue weighted by Gasteiger charge is -2.22. The molecule has 0 aromatic carbocycles. The second kappa shape index (κ2) is 5.55. The Labute approximate surface area is 75.9 Å². The maximum absolute atomic E-state index is 9.70. The van der Waals surface area contributed by atoms with Crippen molar-refractivity contribution in [1.82, 2.24) is 0 Å². The summed E-state index contributed by atoms with van der Waals surface area (Å²) in [6, 6.07) is 0. The molecular weight excluding hydrogens is 152 g/mol. The zero-order valence-electron chi connectivity index (χ0n) is 8.76. The van der Waals surface area contributed by atoms with Crippen molar-refractivity contribution < 1.29 is 9.84 Å².